The maximum absolute atomic E-state index is 13.6. The van der Waals surface area contributed by atoms with Gasteiger partial charge in [0.25, 0.3) is 11.1 Å². The van der Waals surface area contributed by atoms with E-state index in [2.05, 4.69) is 12.1 Å². The minimum atomic E-state index is -0.0961. The Morgan fingerprint density at radius 2 is 0.895 bits per heavy atom. The van der Waals surface area contributed by atoms with Crippen molar-refractivity contribution in [1.29, 1.82) is 0 Å². The van der Waals surface area contributed by atoms with Gasteiger partial charge in [-0.2, -0.15) is 0 Å². The van der Waals surface area contributed by atoms with Gasteiger partial charge in [0.2, 0.25) is 0 Å². The second kappa shape index (κ2) is 9.45. The largest absolute Gasteiger partial charge is 0.286 e. The smallest absolute Gasteiger partial charge is 0.284 e. The van der Waals surface area contributed by atoms with Crippen LogP contribution in [0.25, 0.3) is 32.9 Å². The summed E-state index contributed by atoms with van der Waals surface area (Å²) >= 11 is 0. The molecule has 2 heterocycles. The lowest BCUT2D eigenvalue weighted by molar-refractivity contribution is 0.630. The lowest BCUT2D eigenvalue weighted by Gasteiger charge is -2.09. The van der Waals surface area contributed by atoms with Gasteiger partial charge < -0.3 is 0 Å². The van der Waals surface area contributed by atoms with Gasteiger partial charge in [-0.05, 0) is 81.2 Å². The van der Waals surface area contributed by atoms with Gasteiger partial charge in [0.05, 0.1) is 22.8 Å². The molecular formula is C30H26N4O2S2. The van der Waals surface area contributed by atoms with Crippen LogP contribution in [0.3, 0.4) is 0 Å². The average Bonchev–Trinajstić information content (AvgIpc) is 3.28. The molecule has 6 rings (SSSR count). The zero-order chi connectivity index (χ0) is 26.6. The Labute approximate surface area is 227 Å². The zero-order valence-corrected chi connectivity index (χ0v) is 23.1. The minimum absolute atomic E-state index is 0.0961. The molecule has 0 saturated carbocycles. The van der Waals surface area contributed by atoms with E-state index in [0.717, 1.165) is 44.3 Å². The van der Waals surface area contributed by atoms with Gasteiger partial charge in [-0.1, -0.05) is 60.7 Å². The van der Waals surface area contributed by atoms with Gasteiger partial charge >= 0.3 is 0 Å². The van der Waals surface area contributed by atoms with Crippen LogP contribution in [0, 0.1) is 13.8 Å². The van der Waals surface area contributed by atoms with Crippen LogP contribution < -0.4 is 11.1 Å². The average molecular weight is 539 g/mol. The molecule has 0 aliphatic heterocycles. The zero-order valence-electron chi connectivity index (χ0n) is 21.5. The molecule has 0 aliphatic carbocycles. The first-order chi connectivity index (χ1) is 18.3. The highest BCUT2D eigenvalue weighted by Crippen LogP contribution is 2.38. The molecule has 0 saturated heterocycles. The molecule has 0 atom stereocenters. The van der Waals surface area contributed by atoms with E-state index in [0.29, 0.717) is 9.79 Å². The third kappa shape index (κ3) is 3.92. The second-order valence-electron chi connectivity index (χ2n) is 9.34. The monoisotopic (exact) mass is 538 g/mol. The fourth-order valence-electron chi connectivity index (χ4n) is 4.84. The summed E-state index contributed by atoms with van der Waals surface area (Å²) in [7, 11) is 6.47. The molecule has 0 radical (unpaired) electrons. The van der Waals surface area contributed by atoms with Crippen LogP contribution in [0.15, 0.2) is 104 Å². The van der Waals surface area contributed by atoms with Crippen molar-refractivity contribution in [3.8, 4) is 11.4 Å². The number of hydrogen-bond acceptors (Lipinski definition) is 4. The van der Waals surface area contributed by atoms with E-state index >= 15 is 0 Å². The van der Waals surface area contributed by atoms with Gasteiger partial charge in [-0.25, -0.2) is 9.36 Å². The summed E-state index contributed by atoms with van der Waals surface area (Å²) in [6.45, 7) is 3.88. The predicted molar refractivity (Wildman–Crippen MR) is 158 cm³/mol. The standard InChI is InChI=1S/C30H26N4O2S2/c1-19-27(29(35)33(31(19)3)25-15-13-21-9-5-7-11-23(21)17-25)37-38-28-20(2)32(4)34(30(28)36)26-16-14-22-10-6-8-12-24(22)18-26/h5-18H,1-4H3. The van der Waals surface area contributed by atoms with E-state index in [4.69, 9.17) is 0 Å². The molecule has 0 fully saturated rings. The molecule has 0 N–H and O–H groups in total. The van der Waals surface area contributed by atoms with Crippen LogP contribution in [0.5, 0.6) is 0 Å². The van der Waals surface area contributed by atoms with Gasteiger partial charge in [0.1, 0.15) is 9.79 Å². The molecule has 6 nitrogen and oxygen atoms in total. The first-order valence-corrected chi connectivity index (χ1v) is 14.4. The van der Waals surface area contributed by atoms with Crippen LogP contribution >= 0.6 is 21.6 Å². The summed E-state index contributed by atoms with van der Waals surface area (Å²) in [5.74, 6) is 0. The molecule has 0 aliphatic rings. The lowest BCUT2D eigenvalue weighted by atomic mass is 10.1. The van der Waals surface area contributed by atoms with Crippen molar-refractivity contribution in [2.45, 2.75) is 23.6 Å². The first-order valence-electron chi connectivity index (χ1n) is 12.2. The van der Waals surface area contributed by atoms with Crippen molar-refractivity contribution in [2.24, 2.45) is 14.1 Å². The van der Waals surface area contributed by atoms with Crippen molar-refractivity contribution in [1.82, 2.24) is 18.7 Å². The summed E-state index contributed by atoms with van der Waals surface area (Å²) in [5.41, 5.74) is 3.13. The van der Waals surface area contributed by atoms with Crippen molar-refractivity contribution in [3.05, 3.63) is 117 Å². The fourth-order valence-corrected chi connectivity index (χ4v) is 7.48. The van der Waals surface area contributed by atoms with Crippen molar-refractivity contribution in [2.75, 3.05) is 0 Å². The van der Waals surface area contributed by atoms with Crippen LogP contribution in [0.4, 0.5) is 0 Å². The minimum Gasteiger partial charge on any atom is -0.284 e. The maximum Gasteiger partial charge on any atom is 0.286 e. The van der Waals surface area contributed by atoms with Gasteiger partial charge in [0.15, 0.2) is 0 Å². The third-order valence-corrected chi connectivity index (χ3v) is 9.77. The van der Waals surface area contributed by atoms with Crippen molar-refractivity contribution in [3.63, 3.8) is 0 Å². The van der Waals surface area contributed by atoms with Crippen LogP contribution in [0.2, 0.25) is 0 Å². The highest BCUT2D eigenvalue weighted by molar-refractivity contribution is 8.76. The van der Waals surface area contributed by atoms with Crippen LogP contribution in [0.1, 0.15) is 11.4 Å². The molecule has 0 unspecified atom stereocenters. The Morgan fingerprint density at radius 3 is 1.29 bits per heavy atom. The SMILES string of the molecule is Cc1c(SSc2c(C)n(C)n(-c3ccc4ccccc4c3)c2=O)c(=O)n(-c2ccc3ccccc3c2)n1C. The number of hydrogen-bond donors (Lipinski definition) is 0. The molecule has 0 amide bonds. The van der Waals surface area contributed by atoms with Crippen LogP contribution in [-0.4, -0.2) is 18.7 Å². The number of aromatic nitrogens is 4. The Balaban J connectivity index is 1.36. The Hall–Kier alpha value is -3.88. The lowest BCUT2D eigenvalue weighted by Crippen LogP contribution is -2.20. The summed E-state index contributed by atoms with van der Waals surface area (Å²) in [4.78, 5) is 28.4. The Morgan fingerprint density at radius 1 is 0.526 bits per heavy atom. The molecule has 190 valence electrons. The van der Waals surface area contributed by atoms with E-state index in [-0.39, 0.29) is 11.1 Å². The molecular weight excluding hydrogens is 512 g/mol. The molecule has 2 aromatic heterocycles. The third-order valence-electron chi connectivity index (χ3n) is 7.16. The highest BCUT2D eigenvalue weighted by atomic mass is 33.1. The maximum atomic E-state index is 13.6. The van der Waals surface area contributed by atoms with Crippen LogP contribution in [-0.2, 0) is 14.1 Å². The Kier molecular flexibility index (Phi) is 6.08. The van der Waals surface area contributed by atoms with Gasteiger partial charge in [0, 0.05) is 14.1 Å². The van der Waals surface area contributed by atoms with E-state index in [9.17, 15) is 9.59 Å². The van der Waals surface area contributed by atoms with Crippen molar-refractivity contribution < 1.29 is 0 Å². The van der Waals surface area contributed by atoms with Crippen molar-refractivity contribution >= 4 is 43.1 Å². The first kappa shape index (κ1) is 24.5. The fraction of sp³-hybridized carbons (Fsp3) is 0.133. The summed E-state index contributed by atoms with van der Waals surface area (Å²) in [5, 5.41) is 4.41. The summed E-state index contributed by atoms with van der Waals surface area (Å²) < 4.78 is 7.13. The molecule has 0 spiro atoms. The molecule has 0 bridgehead atoms. The van der Waals surface area contributed by atoms with E-state index in [1.807, 2.05) is 110 Å². The quantitative estimate of drug-likeness (QED) is 0.239. The highest BCUT2D eigenvalue weighted by Gasteiger charge is 2.22. The molecule has 4 aromatic carbocycles. The molecule has 8 heteroatoms. The number of benzene rings is 4. The normalized spacial score (nSPS) is 11.6. The predicted octanol–water partition coefficient (Wildman–Crippen LogP) is 6.39. The Bertz CT molecular complexity index is 1830. The van der Waals surface area contributed by atoms with E-state index in [1.165, 1.54) is 21.6 Å². The van der Waals surface area contributed by atoms with E-state index < -0.39 is 0 Å². The number of rotatable bonds is 5. The number of nitrogens with zero attached hydrogens (tertiary/aromatic N) is 4. The number of fused-ring (bicyclic) bond motifs is 2. The van der Waals surface area contributed by atoms with Gasteiger partial charge in [-0.3, -0.25) is 19.0 Å². The summed E-state index contributed by atoms with van der Waals surface area (Å²) in [6.07, 6.45) is 0. The topological polar surface area (TPSA) is 53.9 Å². The molecule has 38 heavy (non-hydrogen) atoms. The molecule has 6 aromatic rings. The second-order valence-corrected chi connectivity index (χ2v) is 11.5. The summed E-state index contributed by atoms with van der Waals surface area (Å²) in [6, 6.07) is 28.3. The van der Waals surface area contributed by atoms with E-state index in [1.54, 1.807) is 9.36 Å². The van der Waals surface area contributed by atoms with Gasteiger partial charge in [-0.15, -0.1) is 0 Å².